The summed E-state index contributed by atoms with van der Waals surface area (Å²) in [6, 6.07) is 6.26. The van der Waals surface area contributed by atoms with Gasteiger partial charge in [-0.3, -0.25) is 0 Å². The molecule has 0 aliphatic heterocycles. The quantitative estimate of drug-likeness (QED) is 0.639. The van der Waals surface area contributed by atoms with Gasteiger partial charge in [-0.1, -0.05) is 25.5 Å². The summed E-state index contributed by atoms with van der Waals surface area (Å²) in [7, 11) is 0. The van der Waals surface area contributed by atoms with Crippen LogP contribution in [-0.4, -0.2) is 36.3 Å². The molecule has 2 amide bonds. The first-order chi connectivity index (χ1) is 10.0. The molecule has 0 saturated carbocycles. The zero-order valence-electron chi connectivity index (χ0n) is 12.4. The minimum atomic E-state index is -1.02. The maximum Gasteiger partial charge on any atom is 0.326 e. The van der Waals surface area contributed by atoms with Crippen molar-refractivity contribution in [3.8, 4) is 5.75 Å². The van der Waals surface area contributed by atoms with E-state index in [0.717, 1.165) is 11.3 Å². The van der Waals surface area contributed by atoms with Crippen molar-refractivity contribution in [1.29, 1.82) is 0 Å². The van der Waals surface area contributed by atoms with E-state index in [1.807, 2.05) is 38.1 Å². The van der Waals surface area contributed by atoms with E-state index in [2.05, 4.69) is 10.6 Å². The molecule has 0 aromatic heterocycles. The fourth-order valence-corrected chi connectivity index (χ4v) is 1.79. The molecule has 0 spiro atoms. The predicted octanol–water partition coefficient (Wildman–Crippen LogP) is 1.93. The number of rotatable bonds is 8. The highest BCUT2D eigenvalue weighted by molar-refractivity contribution is 5.82. The molecule has 6 nitrogen and oxygen atoms in total. The van der Waals surface area contributed by atoms with Crippen LogP contribution in [0.15, 0.2) is 24.3 Å². The summed E-state index contributed by atoms with van der Waals surface area (Å²) < 4.78 is 5.48. The standard InChI is InChI=1S/C15H22N2O4/c1-3-5-13(14(18)19)17-15(20)16-8-9-21-12-7-4-6-11(2)10-12/h4,6-7,10,13H,3,5,8-9H2,1-2H3,(H,18,19)(H2,16,17,20)/t13-/m1/s1. The van der Waals surface area contributed by atoms with Crippen LogP contribution >= 0.6 is 0 Å². The molecule has 0 saturated heterocycles. The lowest BCUT2D eigenvalue weighted by Crippen LogP contribution is -2.46. The molecule has 0 aliphatic carbocycles. The predicted molar refractivity (Wildman–Crippen MR) is 79.5 cm³/mol. The summed E-state index contributed by atoms with van der Waals surface area (Å²) in [6.07, 6.45) is 1.09. The van der Waals surface area contributed by atoms with Crippen molar-refractivity contribution >= 4 is 12.0 Å². The summed E-state index contributed by atoms with van der Waals surface area (Å²) in [5.41, 5.74) is 1.10. The van der Waals surface area contributed by atoms with Crippen LogP contribution in [-0.2, 0) is 4.79 Å². The minimum Gasteiger partial charge on any atom is -0.492 e. The molecule has 21 heavy (non-hydrogen) atoms. The van der Waals surface area contributed by atoms with Gasteiger partial charge in [-0.05, 0) is 31.0 Å². The van der Waals surface area contributed by atoms with Gasteiger partial charge in [0.2, 0.25) is 0 Å². The van der Waals surface area contributed by atoms with Gasteiger partial charge in [-0.25, -0.2) is 9.59 Å². The van der Waals surface area contributed by atoms with Crippen LogP contribution in [0.2, 0.25) is 0 Å². The zero-order chi connectivity index (χ0) is 15.7. The minimum absolute atomic E-state index is 0.304. The molecule has 0 aliphatic rings. The summed E-state index contributed by atoms with van der Waals surface area (Å²) in [5.74, 6) is -0.283. The van der Waals surface area contributed by atoms with Gasteiger partial charge in [0.1, 0.15) is 18.4 Å². The highest BCUT2D eigenvalue weighted by Crippen LogP contribution is 2.11. The summed E-state index contributed by atoms with van der Waals surface area (Å²) >= 11 is 0. The molecule has 0 bridgehead atoms. The highest BCUT2D eigenvalue weighted by Gasteiger charge is 2.18. The Morgan fingerprint density at radius 2 is 2.14 bits per heavy atom. The number of nitrogens with one attached hydrogen (secondary N) is 2. The lowest BCUT2D eigenvalue weighted by Gasteiger charge is -2.14. The van der Waals surface area contributed by atoms with Crippen molar-refractivity contribution in [2.45, 2.75) is 32.7 Å². The van der Waals surface area contributed by atoms with E-state index in [1.54, 1.807) is 0 Å². The molecule has 3 N–H and O–H groups in total. The van der Waals surface area contributed by atoms with Gasteiger partial charge in [0.05, 0.1) is 6.54 Å². The third kappa shape index (κ3) is 6.65. The first-order valence-corrected chi connectivity index (χ1v) is 6.99. The molecule has 0 unspecified atom stereocenters. The molecule has 1 atom stereocenters. The number of urea groups is 1. The first kappa shape index (κ1) is 16.8. The Bertz CT molecular complexity index is 476. The van der Waals surface area contributed by atoms with Gasteiger partial charge < -0.3 is 20.5 Å². The number of hydrogen-bond donors (Lipinski definition) is 3. The average Bonchev–Trinajstić information content (AvgIpc) is 2.43. The largest absolute Gasteiger partial charge is 0.492 e. The second-order valence-electron chi connectivity index (χ2n) is 4.74. The third-order valence-corrected chi connectivity index (χ3v) is 2.83. The van der Waals surface area contributed by atoms with E-state index in [4.69, 9.17) is 9.84 Å². The van der Waals surface area contributed by atoms with Crippen molar-refractivity contribution < 1.29 is 19.4 Å². The summed E-state index contributed by atoms with van der Waals surface area (Å²) in [4.78, 5) is 22.5. The van der Waals surface area contributed by atoms with E-state index in [1.165, 1.54) is 0 Å². The van der Waals surface area contributed by atoms with Crippen LogP contribution < -0.4 is 15.4 Å². The molecule has 0 fully saturated rings. The molecular formula is C15H22N2O4. The van der Waals surface area contributed by atoms with Crippen LogP contribution in [0, 0.1) is 6.92 Å². The maximum absolute atomic E-state index is 11.6. The summed E-state index contributed by atoms with van der Waals surface area (Å²) in [6.45, 7) is 4.46. The molecule has 1 aromatic rings. The number of benzene rings is 1. The monoisotopic (exact) mass is 294 g/mol. The number of amides is 2. The molecule has 6 heteroatoms. The molecule has 0 heterocycles. The fraction of sp³-hybridized carbons (Fsp3) is 0.467. The van der Waals surface area contributed by atoms with Gasteiger partial charge >= 0.3 is 12.0 Å². The molecule has 0 radical (unpaired) electrons. The van der Waals surface area contributed by atoms with Gasteiger partial charge in [-0.2, -0.15) is 0 Å². The Morgan fingerprint density at radius 1 is 1.38 bits per heavy atom. The van der Waals surface area contributed by atoms with Crippen LogP contribution in [0.4, 0.5) is 4.79 Å². The van der Waals surface area contributed by atoms with Crippen molar-refractivity contribution in [3.63, 3.8) is 0 Å². The molecular weight excluding hydrogens is 272 g/mol. The van der Waals surface area contributed by atoms with E-state index in [-0.39, 0.29) is 0 Å². The number of aliphatic carboxylic acids is 1. The maximum atomic E-state index is 11.6. The van der Waals surface area contributed by atoms with Crippen LogP contribution in [0.1, 0.15) is 25.3 Å². The Labute approximate surface area is 124 Å². The lowest BCUT2D eigenvalue weighted by atomic mass is 10.2. The van der Waals surface area contributed by atoms with Gasteiger partial charge in [-0.15, -0.1) is 0 Å². The number of aryl methyl sites for hydroxylation is 1. The third-order valence-electron chi connectivity index (χ3n) is 2.83. The van der Waals surface area contributed by atoms with Crippen molar-refractivity contribution in [1.82, 2.24) is 10.6 Å². The van der Waals surface area contributed by atoms with Gasteiger partial charge in [0, 0.05) is 0 Å². The number of carboxylic acids is 1. The van der Waals surface area contributed by atoms with E-state index >= 15 is 0 Å². The van der Waals surface area contributed by atoms with Crippen LogP contribution in [0.25, 0.3) is 0 Å². The van der Waals surface area contributed by atoms with Crippen LogP contribution in [0.3, 0.4) is 0 Å². The molecule has 1 rings (SSSR count). The Hall–Kier alpha value is -2.24. The Kier molecular flexibility index (Phi) is 7.08. The highest BCUT2D eigenvalue weighted by atomic mass is 16.5. The van der Waals surface area contributed by atoms with Crippen molar-refractivity contribution in [2.24, 2.45) is 0 Å². The normalized spacial score (nSPS) is 11.5. The molecule has 116 valence electrons. The second kappa shape index (κ2) is 8.84. The average molecular weight is 294 g/mol. The Balaban J connectivity index is 2.25. The van der Waals surface area contributed by atoms with E-state index in [0.29, 0.717) is 26.0 Å². The smallest absolute Gasteiger partial charge is 0.326 e. The SMILES string of the molecule is CCC[C@@H](NC(=O)NCCOc1cccc(C)c1)C(=O)O. The van der Waals surface area contributed by atoms with Gasteiger partial charge in [0.15, 0.2) is 0 Å². The van der Waals surface area contributed by atoms with E-state index in [9.17, 15) is 9.59 Å². The summed E-state index contributed by atoms with van der Waals surface area (Å²) in [5, 5.41) is 13.9. The first-order valence-electron chi connectivity index (χ1n) is 6.99. The molecule has 1 aromatic carbocycles. The number of carboxylic acid groups (broad SMARTS) is 1. The van der Waals surface area contributed by atoms with Crippen LogP contribution in [0.5, 0.6) is 5.75 Å². The Morgan fingerprint density at radius 3 is 2.76 bits per heavy atom. The van der Waals surface area contributed by atoms with Crippen molar-refractivity contribution in [3.05, 3.63) is 29.8 Å². The number of ether oxygens (including phenoxy) is 1. The van der Waals surface area contributed by atoms with Crippen molar-refractivity contribution in [2.75, 3.05) is 13.2 Å². The fourth-order valence-electron chi connectivity index (χ4n) is 1.79. The number of hydrogen-bond acceptors (Lipinski definition) is 3. The number of carbonyl (C=O) groups is 2. The van der Waals surface area contributed by atoms with E-state index < -0.39 is 18.0 Å². The zero-order valence-corrected chi connectivity index (χ0v) is 12.4. The lowest BCUT2D eigenvalue weighted by molar-refractivity contribution is -0.139. The second-order valence-corrected chi connectivity index (χ2v) is 4.74. The topological polar surface area (TPSA) is 87.7 Å². The van der Waals surface area contributed by atoms with Gasteiger partial charge in [0.25, 0.3) is 0 Å². The number of carbonyl (C=O) groups excluding carboxylic acids is 1.